The lowest BCUT2D eigenvalue weighted by Gasteiger charge is -2.29. The molecule has 2 N–H and O–H groups in total. The molecule has 0 unspecified atom stereocenters. The van der Waals surface area contributed by atoms with E-state index in [4.69, 9.17) is 14.2 Å². The molecule has 0 aliphatic carbocycles. The molecule has 1 heterocycles. The van der Waals surface area contributed by atoms with E-state index in [1.54, 1.807) is 18.2 Å². The summed E-state index contributed by atoms with van der Waals surface area (Å²) in [7, 11) is 5.59. The zero-order valence-electron chi connectivity index (χ0n) is 24.6. The van der Waals surface area contributed by atoms with Crippen LogP contribution in [-0.2, 0) is 4.79 Å². The zero-order chi connectivity index (χ0) is 29.3. The number of benzene rings is 2. The summed E-state index contributed by atoms with van der Waals surface area (Å²) < 4.78 is 17.8. The number of nitrogens with zero attached hydrogens (tertiary/aromatic N) is 1. The van der Waals surface area contributed by atoms with Gasteiger partial charge in [0.2, 0.25) is 0 Å². The number of unbranched alkanes of at least 4 members (excludes halogenated alkanes) is 1. The van der Waals surface area contributed by atoms with Gasteiger partial charge in [-0.15, -0.1) is 0 Å². The molecule has 2 aromatic carbocycles. The second-order valence-corrected chi connectivity index (χ2v) is 11.2. The first kappa shape index (κ1) is 30.8. The van der Waals surface area contributed by atoms with Gasteiger partial charge in [-0.1, -0.05) is 25.1 Å². The Morgan fingerprint density at radius 1 is 1.15 bits per heavy atom. The van der Waals surface area contributed by atoms with Crippen LogP contribution in [0.1, 0.15) is 61.5 Å². The second-order valence-electron chi connectivity index (χ2n) is 11.2. The van der Waals surface area contributed by atoms with Crippen LogP contribution in [0.3, 0.4) is 0 Å². The Kier molecular flexibility index (Phi) is 10.4. The van der Waals surface area contributed by atoms with Crippen molar-refractivity contribution >= 4 is 23.8 Å². The molecular formula is C32H43N2O6+. The summed E-state index contributed by atoms with van der Waals surface area (Å²) in [6.07, 6.45) is 9.49. The molecule has 1 aliphatic heterocycles. The van der Waals surface area contributed by atoms with E-state index in [-0.39, 0.29) is 28.8 Å². The molecule has 1 aliphatic rings. The first-order chi connectivity index (χ1) is 18.9. The van der Waals surface area contributed by atoms with Crippen LogP contribution < -0.4 is 19.5 Å². The van der Waals surface area contributed by atoms with E-state index in [2.05, 4.69) is 19.4 Å². The van der Waals surface area contributed by atoms with Crippen LogP contribution in [0.2, 0.25) is 0 Å². The van der Waals surface area contributed by atoms with Gasteiger partial charge in [0.25, 0.3) is 5.91 Å². The number of amides is 1. The lowest BCUT2D eigenvalue weighted by molar-refractivity contribution is -0.882. The number of fused-ring (bicyclic) bond motifs is 1. The maximum atomic E-state index is 13.0. The third-order valence-electron chi connectivity index (χ3n) is 6.63. The Hall–Kier alpha value is -3.78. The van der Waals surface area contributed by atoms with Gasteiger partial charge in [0.1, 0.15) is 34.2 Å². The normalized spacial score (nSPS) is 13.9. The van der Waals surface area contributed by atoms with E-state index in [1.807, 2.05) is 51.1 Å². The van der Waals surface area contributed by atoms with E-state index in [0.29, 0.717) is 28.9 Å². The fourth-order valence-electron chi connectivity index (χ4n) is 4.43. The highest BCUT2D eigenvalue weighted by atomic mass is 16.5. The van der Waals surface area contributed by atoms with Gasteiger partial charge >= 0.3 is 0 Å². The van der Waals surface area contributed by atoms with Crippen molar-refractivity contribution in [1.29, 1.82) is 0 Å². The van der Waals surface area contributed by atoms with E-state index < -0.39 is 5.60 Å². The molecule has 0 radical (unpaired) electrons. The van der Waals surface area contributed by atoms with Gasteiger partial charge in [0.05, 0.1) is 39.9 Å². The van der Waals surface area contributed by atoms with Crippen LogP contribution in [0.5, 0.6) is 23.0 Å². The number of carbonyl (C=O) groups excluding carboxylic acids is 2. The maximum Gasteiger partial charge on any atom is 0.275 e. The summed E-state index contributed by atoms with van der Waals surface area (Å²) in [6, 6.07) is 9.11. The van der Waals surface area contributed by atoms with Crippen molar-refractivity contribution in [3.8, 4) is 23.0 Å². The van der Waals surface area contributed by atoms with Gasteiger partial charge in [-0.25, -0.2) is 0 Å². The fraction of sp³-hybridized carbons (Fsp3) is 0.438. The van der Waals surface area contributed by atoms with Crippen molar-refractivity contribution in [2.75, 3.05) is 47.4 Å². The van der Waals surface area contributed by atoms with Crippen molar-refractivity contribution in [2.24, 2.45) is 0 Å². The number of phenolic OH excluding ortho intramolecular Hbond substituents is 1. The molecule has 0 bridgehead atoms. The maximum absolute atomic E-state index is 13.0. The van der Waals surface area contributed by atoms with Crippen LogP contribution in [0.25, 0.3) is 12.2 Å². The quantitative estimate of drug-likeness (QED) is 0.144. The molecule has 0 saturated heterocycles. The average Bonchev–Trinajstić information content (AvgIpc) is 2.89. The average molecular weight is 552 g/mol. The number of quaternary nitrogens is 1. The highest BCUT2D eigenvalue weighted by Crippen LogP contribution is 2.43. The highest BCUT2D eigenvalue weighted by Gasteiger charge is 2.28. The van der Waals surface area contributed by atoms with Crippen LogP contribution in [0.15, 0.2) is 42.5 Å². The number of rotatable bonds is 14. The molecule has 1 amide bonds. The summed E-state index contributed by atoms with van der Waals surface area (Å²) in [6.45, 7) is 8.54. The van der Waals surface area contributed by atoms with Crippen LogP contribution in [-0.4, -0.2) is 74.3 Å². The molecule has 8 nitrogen and oxygen atoms in total. The third kappa shape index (κ3) is 8.61. The Bertz CT molecular complexity index is 1250. The zero-order valence-corrected chi connectivity index (χ0v) is 24.6. The number of aromatic hydroxyl groups is 1. The number of likely N-dealkylation sites (N-methyl/N-ethyl adjacent to an activating group) is 1. The topological polar surface area (TPSA) is 94.1 Å². The summed E-state index contributed by atoms with van der Waals surface area (Å²) in [5.41, 5.74) is 0.851. The number of hydrogen-bond acceptors (Lipinski definition) is 6. The number of ether oxygens (including phenoxy) is 3. The van der Waals surface area contributed by atoms with Crippen molar-refractivity contribution in [3.63, 3.8) is 0 Å². The van der Waals surface area contributed by atoms with Gasteiger partial charge < -0.3 is 29.1 Å². The first-order valence-electron chi connectivity index (χ1n) is 13.8. The van der Waals surface area contributed by atoms with Crippen LogP contribution in [0.4, 0.5) is 0 Å². The van der Waals surface area contributed by atoms with Gasteiger partial charge in [0, 0.05) is 12.6 Å². The lowest BCUT2D eigenvalue weighted by atomic mass is 9.97. The predicted molar refractivity (Wildman–Crippen MR) is 158 cm³/mol. The molecular weight excluding hydrogens is 508 g/mol. The molecule has 0 saturated carbocycles. The summed E-state index contributed by atoms with van der Waals surface area (Å²) in [4.78, 5) is 25.0. The van der Waals surface area contributed by atoms with Gasteiger partial charge in [0.15, 0.2) is 12.3 Å². The monoisotopic (exact) mass is 551 g/mol. The number of allylic oxidation sites excluding steroid dienone is 1. The summed E-state index contributed by atoms with van der Waals surface area (Å²) >= 11 is 0. The van der Waals surface area contributed by atoms with Gasteiger partial charge in [-0.2, -0.15) is 0 Å². The first-order valence-corrected chi connectivity index (χ1v) is 13.8. The third-order valence-corrected chi connectivity index (χ3v) is 6.63. The number of carbonyl (C=O) groups is 2. The smallest absolute Gasteiger partial charge is 0.275 e. The molecule has 2 aromatic rings. The minimum absolute atomic E-state index is 0.0911. The molecule has 0 fully saturated rings. The minimum Gasteiger partial charge on any atom is -0.506 e. The van der Waals surface area contributed by atoms with Gasteiger partial charge in [-0.3, -0.25) is 9.59 Å². The Morgan fingerprint density at radius 2 is 1.88 bits per heavy atom. The predicted octanol–water partition coefficient (Wildman–Crippen LogP) is 5.24. The Labute approximate surface area is 237 Å². The number of ketones is 1. The molecule has 0 spiro atoms. The minimum atomic E-state index is -0.519. The van der Waals surface area contributed by atoms with E-state index in [9.17, 15) is 14.7 Å². The molecule has 3 rings (SSSR count). The number of hydrogen-bond donors (Lipinski definition) is 2. The summed E-state index contributed by atoms with van der Waals surface area (Å²) in [5.74, 6) is 1.02. The van der Waals surface area contributed by atoms with Crippen molar-refractivity contribution < 1.29 is 33.4 Å². The molecule has 8 heteroatoms. The van der Waals surface area contributed by atoms with Crippen molar-refractivity contribution in [1.82, 2.24) is 5.32 Å². The van der Waals surface area contributed by atoms with E-state index in [0.717, 1.165) is 43.7 Å². The largest absolute Gasteiger partial charge is 0.506 e. The SMILES string of the molecule is CCCNC(=O)C[N+](C)(C)CCCCOc1ccc(/C=C/C(=O)c2c(OC)cc3c(c2O)C=CC(C)(C)O3)cc1. The molecule has 0 atom stereocenters. The molecule has 40 heavy (non-hydrogen) atoms. The second kappa shape index (κ2) is 13.5. The molecule has 216 valence electrons. The number of methoxy groups -OCH3 is 1. The highest BCUT2D eigenvalue weighted by molar-refractivity contribution is 6.11. The van der Waals surface area contributed by atoms with E-state index >= 15 is 0 Å². The van der Waals surface area contributed by atoms with E-state index in [1.165, 1.54) is 13.2 Å². The van der Waals surface area contributed by atoms with Crippen molar-refractivity contribution in [3.05, 3.63) is 59.2 Å². The summed E-state index contributed by atoms with van der Waals surface area (Å²) in [5, 5.41) is 13.8. The Balaban J connectivity index is 1.52. The number of nitrogens with one attached hydrogen (secondary N) is 1. The van der Waals surface area contributed by atoms with Crippen LogP contribution in [0, 0.1) is 0 Å². The molecule has 0 aromatic heterocycles. The lowest BCUT2D eigenvalue weighted by Crippen LogP contribution is -2.48. The standard InChI is InChI=1S/C32H42N2O6/c1-7-18-33-29(36)22-34(4,5)19-8-9-20-39-24-13-10-23(11-14-24)12-15-26(35)30-28(38-6)21-27-25(31(30)37)16-17-32(2,3)40-27/h10-17,21H,7-9,18-20,22H2,1-6H3,(H-,33,35,36,37)/p+1/b15-12+. The Morgan fingerprint density at radius 3 is 2.55 bits per heavy atom. The number of phenols is 1. The van der Waals surface area contributed by atoms with Crippen LogP contribution >= 0.6 is 0 Å². The van der Waals surface area contributed by atoms with Crippen molar-refractivity contribution in [2.45, 2.75) is 45.6 Å². The fourth-order valence-corrected chi connectivity index (χ4v) is 4.43. The van der Waals surface area contributed by atoms with Gasteiger partial charge in [-0.05, 0) is 69.0 Å².